The van der Waals surface area contributed by atoms with E-state index >= 15 is 0 Å². The van der Waals surface area contributed by atoms with Crippen molar-refractivity contribution in [2.45, 2.75) is 6.92 Å². The largest absolute Gasteiger partial charge is 0.478 e. The van der Waals surface area contributed by atoms with Crippen molar-refractivity contribution in [3.8, 4) is 0 Å². The number of carboxylic acids is 1. The molecule has 0 atom stereocenters. The molecule has 3 N–H and O–H groups in total. The molecule has 0 amide bonds. The number of hydrogen-bond donors (Lipinski definition) is 3. The predicted octanol–water partition coefficient (Wildman–Crippen LogP) is -0.00570. The molecule has 0 saturated heterocycles. The van der Waals surface area contributed by atoms with Gasteiger partial charge in [-0.15, -0.1) is 0 Å². The van der Waals surface area contributed by atoms with E-state index in [4.69, 9.17) is 22.6 Å². The summed E-state index contributed by atoms with van der Waals surface area (Å²) >= 11 is 0. The third-order valence-electron chi connectivity index (χ3n) is 0.365. The van der Waals surface area contributed by atoms with E-state index in [0.29, 0.717) is 0 Å². The lowest BCUT2D eigenvalue weighted by atomic mass is 10.4. The van der Waals surface area contributed by atoms with Gasteiger partial charge >= 0.3 is 16.4 Å². The van der Waals surface area contributed by atoms with Gasteiger partial charge in [0.2, 0.25) is 0 Å². The summed E-state index contributed by atoms with van der Waals surface area (Å²) in [5.41, 5.74) is 0.176. The van der Waals surface area contributed by atoms with Gasteiger partial charge in [-0.05, 0) is 6.92 Å². The van der Waals surface area contributed by atoms with Gasteiger partial charge in [-0.1, -0.05) is 6.58 Å². The Morgan fingerprint density at radius 2 is 1.45 bits per heavy atom. The quantitative estimate of drug-likeness (QED) is 0.390. The third-order valence-corrected chi connectivity index (χ3v) is 0.365. The molecule has 0 aromatic rings. The van der Waals surface area contributed by atoms with E-state index in [-0.39, 0.29) is 5.57 Å². The molecule has 0 aromatic heterocycles. The number of carbonyl (C=O) groups is 1. The van der Waals surface area contributed by atoms with Crippen LogP contribution in [0.5, 0.6) is 0 Å². The van der Waals surface area contributed by atoms with Gasteiger partial charge in [-0.3, -0.25) is 9.11 Å². The number of hydrogen-bond acceptors (Lipinski definition) is 3. The fourth-order valence-electron chi connectivity index (χ4n) is 0. The Bertz CT molecular complexity index is 217. The van der Waals surface area contributed by atoms with Crippen LogP contribution in [0.2, 0.25) is 0 Å². The van der Waals surface area contributed by atoms with Crippen molar-refractivity contribution in [2.24, 2.45) is 0 Å². The average molecular weight is 184 g/mol. The van der Waals surface area contributed by atoms with E-state index in [1.165, 1.54) is 6.92 Å². The van der Waals surface area contributed by atoms with Crippen molar-refractivity contribution in [3.05, 3.63) is 12.2 Å². The molecule has 66 valence electrons. The van der Waals surface area contributed by atoms with Crippen molar-refractivity contribution in [1.82, 2.24) is 0 Å². The topological polar surface area (TPSA) is 112 Å². The minimum absolute atomic E-state index is 0.176. The van der Waals surface area contributed by atoms with Crippen LogP contribution < -0.4 is 0 Å². The van der Waals surface area contributed by atoms with Gasteiger partial charge in [0.1, 0.15) is 0 Å². The van der Waals surface area contributed by atoms with Crippen LogP contribution >= 0.6 is 0 Å². The van der Waals surface area contributed by atoms with Gasteiger partial charge in [0.05, 0.1) is 0 Å². The van der Waals surface area contributed by atoms with Gasteiger partial charge in [0.15, 0.2) is 0 Å². The average Bonchev–Trinajstić information content (AvgIpc) is 1.59. The summed E-state index contributed by atoms with van der Waals surface area (Å²) in [5.74, 6) is -0.935. The monoisotopic (exact) mass is 184 g/mol. The highest BCUT2D eigenvalue weighted by Gasteiger charge is 1.90. The third kappa shape index (κ3) is 48.0. The summed E-state index contributed by atoms with van der Waals surface area (Å²) in [6, 6.07) is 0. The summed E-state index contributed by atoms with van der Waals surface area (Å²) in [4.78, 5) is 9.60. The van der Waals surface area contributed by atoms with E-state index in [1.54, 1.807) is 0 Å². The first kappa shape index (κ1) is 12.7. The fraction of sp³-hybridized carbons (Fsp3) is 0.250. The lowest BCUT2D eigenvalue weighted by Crippen LogP contribution is -1.92. The lowest BCUT2D eigenvalue weighted by Gasteiger charge is -1.79. The van der Waals surface area contributed by atoms with Crippen LogP contribution in [0, 0.1) is 0 Å². The first-order valence-electron chi connectivity index (χ1n) is 2.23. The zero-order valence-electron chi connectivity index (χ0n) is 5.68. The fourth-order valence-corrected chi connectivity index (χ4v) is 0. The van der Waals surface area contributed by atoms with Gasteiger partial charge in [-0.2, -0.15) is 8.42 Å². The molecule has 0 unspecified atom stereocenters. The molecule has 0 heterocycles. The van der Waals surface area contributed by atoms with E-state index < -0.39 is 16.4 Å². The Hall–Kier alpha value is -0.920. The Morgan fingerprint density at radius 3 is 1.45 bits per heavy atom. The van der Waals surface area contributed by atoms with Crippen molar-refractivity contribution in [1.29, 1.82) is 0 Å². The molecule has 6 nitrogen and oxygen atoms in total. The first-order chi connectivity index (χ1) is 4.64. The van der Waals surface area contributed by atoms with Gasteiger partial charge in [0, 0.05) is 5.57 Å². The Morgan fingerprint density at radius 1 is 1.36 bits per heavy atom. The zero-order chi connectivity index (χ0) is 9.65. The highest BCUT2D eigenvalue weighted by Crippen LogP contribution is 1.81. The molecule has 0 saturated carbocycles. The molecular weight excluding hydrogens is 176 g/mol. The smallest absolute Gasteiger partial charge is 0.394 e. The molecule has 11 heavy (non-hydrogen) atoms. The minimum Gasteiger partial charge on any atom is -0.478 e. The number of rotatable bonds is 1. The highest BCUT2D eigenvalue weighted by atomic mass is 32.3. The van der Waals surface area contributed by atoms with E-state index in [1.807, 2.05) is 0 Å². The van der Waals surface area contributed by atoms with Crippen LogP contribution in [0.4, 0.5) is 0 Å². The normalized spacial score (nSPS) is 9.36. The maximum Gasteiger partial charge on any atom is 0.394 e. The van der Waals surface area contributed by atoms with Crippen LogP contribution in [0.1, 0.15) is 6.92 Å². The zero-order valence-corrected chi connectivity index (χ0v) is 6.50. The summed E-state index contributed by atoms with van der Waals surface area (Å²) < 4.78 is 31.6. The van der Waals surface area contributed by atoms with Crippen molar-refractivity contribution >= 4 is 16.4 Å². The molecule has 0 radical (unpaired) electrons. The SMILES string of the molecule is C=C(C)C(=O)O.O=S(=O)(O)O. The van der Waals surface area contributed by atoms with Gasteiger partial charge < -0.3 is 5.11 Å². The van der Waals surface area contributed by atoms with Crippen LogP contribution in [0.3, 0.4) is 0 Å². The summed E-state index contributed by atoms with van der Waals surface area (Å²) in [6.45, 7) is 4.60. The van der Waals surface area contributed by atoms with E-state index in [2.05, 4.69) is 6.58 Å². The standard InChI is InChI=1S/C4H6O2.H2O4S/c1-3(2)4(5)6;1-5(2,3)4/h1H2,2H3,(H,5,6);(H2,1,2,3,4). The van der Waals surface area contributed by atoms with Crippen LogP contribution in [0.25, 0.3) is 0 Å². The van der Waals surface area contributed by atoms with E-state index in [0.717, 1.165) is 0 Å². The summed E-state index contributed by atoms with van der Waals surface area (Å²) in [6.07, 6.45) is 0. The number of carboxylic acid groups (broad SMARTS) is 1. The molecule has 0 rings (SSSR count). The van der Waals surface area contributed by atoms with Gasteiger partial charge in [0.25, 0.3) is 0 Å². The van der Waals surface area contributed by atoms with Crippen molar-refractivity contribution in [3.63, 3.8) is 0 Å². The molecule has 0 bridgehead atoms. The second-order valence-corrected chi connectivity index (χ2v) is 2.43. The van der Waals surface area contributed by atoms with Gasteiger partial charge in [-0.25, -0.2) is 4.79 Å². The van der Waals surface area contributed by atoms with Crippen LogP contribution in [-0.2, 0) is 15.2 Å². The minimum atomic E-state index is -4.67. The van der Waals surface area contributed by atoms with Crippen LogP contribution in [0.15, 0.2) is 12.2 Å². The molecule has 0 fully saturated rings. The molecule has 7 heteroatoms. The molecule has 0 aliphatic heterocycles. The molecule has 0 aromatic carbocycles. The molecule has 0 aliphatic rings. The second kappa shape index (κ2) is 4.83. The Kier molecular flexibility index (Phi) is 5.59. The van der Waals surface area contributed by atoms with Crippen molar-refractivity contribution < 1.29 is 27.4 Å². The predicted molar refractivity (Wildman–Crippen MR) is 36.6 cm³/mol. The molecular formula is C4H8O6S. The lowest BCUT2D eigenvalue weighted by molar-refractivity contribution is -0.132. The first-order valence-corrected chi connectivity index (χ1v) is 3.63. The Labute approximate surface area is 63.7 Å². The highest BCUT2D eigenvalue weighted by molar-refractivity contribution is 7.79. The summed E-state index contributed by atoms with van der Waals surface area (Å²) in [5, 5.41) is 7.89. The molecule has 0 spiro atoms. The van der Waals surface area contributed by atoms with Crippen molar-refractivity contribution in [2.75, 3.05) is 0 Å². The number of aliphatic carboxylic acids is 1. The van der Waals surface area contributed by atoms with E-state index in [9.17, 15) is 4.79 Å². The Balaban J connectivity index is 0. The summed E-state index contributed by atoms with van der Waals surface area (Å²) in [7, 11) is -4.67. The maximum atomic E-state index is 9.60. The molecule has 0 aliphatic carbocycles. The van der Waals surface area contributed by atoms with Crippen LogP contribution in [-0.4, -0.2) is 28.6 Å². The maximum absolute atomic E-state index is 9.60. The second-order valence-electron chi connectivity index (χ2n) is 1.53.